The Morgan fingerprint density at radius 1 is 1.62 bits per heavy atom. The molecule has 1 amide bonds. The van der Waals surface area contributed by atoms with Crippen molar-refractivity contribution in [2.24, 2.45) is 0 Å². The van der Waals surface area contributed by atoms with E-state index in [4.69, 9.17) is 5.26 Å². The van der Waals surface area contributed by atoms with E-state index in [0.717, 1.165) is 11.5 Å². The van der Waals surface area contributed by atoms with Crippen molar-refractivity contribution >= 4 is 17.4 Å². The van der Waals surface area contributed by atoms with Crippen LogP contribution in [0.3, 0.4) is 0 Å². The third-order valence-corrected chi connectivity index (χ3v) is 2.97. The highest BCUT2D eigenvalue weighted by atomic mass is 32.1. The fourth-order valence-electron chi connectivity index (χ4n) is 1.30. The molecule has 0 aliphatic rings. The van der Waals surface area contributed by atoms with Gasteiger partial charge in [-0.3, -0.25) is 4.79 Å². The lowest BCUT2D eigenvalue weighted by Gasteiger charge is -2.23. The summed E-state index contributed by atoms with van der Waals surface area (Å²) in [7, 11) is 0. The van der Waals surface area contributed by atoms with Crippen molar-refractivity contribution in [3.8, 4) is 6.07 Å². The number of rotatable bonds is 4. The fourth-order valence-corrected chi connectivity index (χ4v) is 2.00. The maximum atomic E-state index is 12.1. The van der Waals surface area contributed by atoms with Gasteiger partial charge in [-0.05, 0) is 31.8 Å². The van der Waals surface area contributed by atoms with E-state index in [2.05, 4.69) is 9.59 Å². The number of aromatic nitrogens is 2. The molecule has 1 aromatic rings. The summed E-state index contributed by atoms with van der Waals surface area (Å²) >= 11 is 1.09. The normalized spacial score (nSPS) is 10.2. The van der Waals surface area contributed by atoms with Crippen molar-refractivity contribution in [3.05, 3.63) is 10.6 Å². The minimum absolute atomic E-state index is 0.000967. The Kier molecular flexibility index (Phi) is 4.38. The molecule has 1 aromatic heterocycles. The van der Waals surface area contributed by atoms with Gasteiger partial charge in [0.2, 0.25) is 0 Å². The molecule has 0 saturated heterocycles. The number of nitriles is 1. The molecule has 1 rings (SSSR count). The molecule has 0 saturated carbocycles. The van der Waals surface area contributed by atoms with Crippen LogP contribution in [0.5, 0.6) is 0 Å². The van der Waals surface area contributed by atoms with Crippen molar-refractivity contribution in [2.75, 3.05) is 6.54 Å². The van der Waals surface area contributed by atoms with Crippen molar-refractivity contribution in [1.29, 1.82) is 5.26 Å². The van der Waals surface area contributed by atoms with Gasteiger partial charge in [-0.25, -0.2) is 0 Å². The average molecular weight is 238 g/mol. The third-order valence-electron chi connectivity index (χ3n) is 2.21. The summed E-state index contributed by atoms with van der Waals surface area (Å²) in [5, 5.41) is 12.6. The van der Waals surface area contributed by atoms with Crippen LogP contribution < -0.4 is 0 Å². The Labute approximate surface area is 98.9 Å². The van der Waals surface area contributed by atoms with E-state index in [1.165, 1.54) is 4.90 Å². The van der Waals surface area contributed by atoms with Gasteiger partial charge in [-0.1, -0.05) is 11.4 Å². The second-order valence-electron chi connectivity index (χ2n) is 3.59. The minimum Gasteiger partial charge on any atom is -0.322 e. The van der Waals surface area contributed by atoms with Gasteiger partial charge in [0, 0.05) is 6.04 Å². The monoisotopic (exact) mass is 238 g/mol. The maximum Gasteiger partial charge on any atom is 0.268 e. The lowest BCUT2D eigenvalue weighted by atomic mass is 10.2. The Balaban J connectivity index is 2.95. The number of hydrogen-bond donors (Lipinski definition) is 0. The average Bonchev–Trinajstić information content (AvgIpc) is 2.72. The van der Waals surface area contributed by atoms with Crippen molar-refractivity contribution in [1.82, 2.24) is 14.5 Å². The molecule has 0 aliphatic heterocycles. The highest BCUT2D eigenvalue weighted by Gasteiger charge is 2.23. The highest BCUT2D eigenvalue weighted by Crippen LogP contribution is 2.15. The number of amides is 1. The lowest BCUT2D eigenvalue weighted by molar-refractivity contribution is 0.0735. The number of nitrogens with zero attached hydrogens (tertiary/aromatic N) is 4. The molecule has 0 radical (unpaired) electrons. The van der Waals surface area contributed by atoms with Gasteiger partial charge in [0.25, 0.3) is 5.91 Å². The van der Waals surface area contributed by atoms with Crippen LogP contribution >= 0.6 is 11.5 Å². The van der Waals surface area contributed by atoms with Gasteiger partial charge in [0.1, 0.15) is 11.4 Å². The van der Waals surface area contributed by atoms with Gasteiger partial charge in [0.15, 0.2) is 0 Å². The minimum atomic E-state index is -0.150. The topological polar surface area (TPSA) is 69.9 Å². The van der Waals surface area contributed by atoms with Gasteiger partial charge >= 0.3 is 0 Å². The van der Waals surface area contributed by atoms with E-state index < -0.39 is 0 Å². The fraction of sp³-hybridized carbons (Fsp3) is 0.600. The second kappa shape index (κ2) is 5.56. The molecule has 0 N–H and O–H groups in total. The standard InChI is InChI=1S/C10H14N4OS/c1-4-8-9(16-13-12-8)10(15)14(6-5-11)7(2)3/h7H,4,6H2,1-3H3. The van der Waals surface area contributed by atoms with E-state index in [9.17, 15) is 4.79 Å². The first-order chi connectivity index (χ1) is 7.61. The van der Waals surface area contributed by atoms with Gasteiger partial charge < -0.3 is 4.90 Å². The predicted octanol–water partition coefficient (Wildman–Crippen LogP) is 1.47. The quantitative estimate of drug-likeness (QED) is 0.745. The molecule has 0 aliphatic carbocycles. The largest absolute Gasteiger partial charge is 0.322 e. The molecule has 16 heavy (non-hydrogen) atoms. The van der Waals surface area contributed by atoms with Crippen molar-refractivity contribution in [3.63, 3.8) is 0 Å². The van der Waals surface area contributed by atoms with Crippen LogP contribution in [0, 0.1) is 11.3 Å². The van der Waals surface area contributed by atoms with Crippen molar-refractivity contribution in [2.45, 2.75) is 33.2 Å². The van der Waals surface area contributed by atoms with Crippen molar-refractivity contribution < 1.29 is 4.79 Å². The smallest absolute Gasteiger partial charge is 0.268 e. The van der Waals surface area contributed by atoms with E-state index in [-0.39, 0.29) is 18.5 Å². The SMILES string of the molecule is CCc1nnsc1C(=O)N(CC#N)C(C)C. The van der Waals surface area contributed by atoms with E-state index in [1.807, 2.05) is 26.8 Å². The molecular weight excluding hydrogens is 224 g/mol. The predicted molar refractivity (Wildman–Crippen MR) is 61.1 cm³/mol. The summed E-state index contributed by atoms with van der Waals surface area (Å²) in [6, 6.07) is 2.00. The first-order valence-corrected chi connectivity index (χ1v) is 5.88. The number of carbonyl (C=O) groups excluding carboxylic acids is 1. The Bertz CT molecular complexity index is 407. The van der Waals surface area contributed by atoms with Gasteiger partial charge in [-0.15, -0.1) is 5.10 Å². The first-order valence-electron chi connectivity index (χ1n) is 5.10. The summed E-state index contributed by atoms with van der Waals surface area (Å²) in [6.07, 6.45) is 0.677. The molecule has 86 valence electrons. The third kappa shape index (κ3) is 2.55. The first kappa shape index (κ1) is 12.6. The van der Waals surface area contributed by atoms with Crippen LogP contribution in [0.4, 0.5) is 0 Å². The Hall–Kier alpha value is -1.48. The van der Waals surface area contributed by atoms with Crippen LogP contribution in [-0.4, -0.2) is 33.0 Å². The Morgan fingerprint density at radius 3 is 2.81 bits per heavy atom. The zero-order chi connectivity index (χ0) is 12.1. The zero-order valence-corrected chi connectivity index (χ0v) is 10.4. The molecule has 0 atom stereocenters. The van der Waals surface area contributed by atoms with Gasteiger partial charge in [0.05, 0.1) is 11.8 Å². The lowest BCUT2D eigenvalue weighted by Crippen LogP contribution is -2.37. The molecule has 6 heteroatoms. The number of carbonyl (C=O) groups is 1. The Morgan fingerprint density at radius 2 is 2.31 bits per heavy atom. The summed E-state index contributed by atoms with van der Waals surface area (Å²) in [6.45, 7) is 5.79. The summed E-state index contributed by atoms with van der Waals surface area (Å²) in [5.74, 6) is -0.150. The van der Waals surface area contributed by atoms with Gasteiger partial charge in [-0.2, -0.15) is 5.26 Å². The maximum absolute atomic E-state index is 12.1. The molecule has 0 bridgehead atoms. The van der Waals surface area contributed by atoms with Crippen LogP contribution in [0.25, 0.3) is 0 Å². The summed E-state index contributed by atoms with van der Waals surface area (Å²) in [5.41, 5.74) is 0.707. The number of aryl methyl sites for hydroxylation is 1. The highest BCUT2D eigenvalue weighted by molar-refractivity contribution is 7.08. The summed E-state index contributed by atoms with van der Waals surface area (Å²) in [4.78, 5) is 14.2. The molecule has 5 nitrogen and oxygen atoms in total. The molecule has 1 heterocycles. The van der Waals surface area contributed by atoms with E-state index >= 15 is 0 Å². The number of hydrogen-bond acceptors (Lipinski definition) is 5. The zero-order valence-electron chi connectivity index (χ0n) is 9.60. The summed E-state index contributed by atoms with van der Waals surface area (Å²) < 4.78 is 3.78. The van der Waals surface area contributed by atoms with E-state index in [1.54, 1.807) is 0 Å². The van der Waals surface area contributed by atoms with Crippen LogP contribution in [0.1, 0.15) is 36.1 Å². The molecule has 0 spiro atoms. The van der Waals surface area contributed by atoms with Crippen LogP contribution in [0.2, 0.25) is 0 Å². The van der Waals surface area contributed by atoms with Crippen LogP contribution in [0.15, 0.2) is 0 Å². The van der Waals surface area contributed by atoms with E-state index in [0.29, 0.717) is 17.0 Å². The molecule has 0 fully saturated rings. The second-order valence-corrected chi connectivity index (χ2v) is 4.34. The molecule has 0 aromatic carbocycles. The molecular formula is C10H14N4OS. The van der Waals surface area contributed by atoms with Crippen LogP contribution in [-0.2, 0) is 6.42 Å². The molecule has 0 unspecified atom stereocenters.